The third-order valence-corrected chi connectivity index (χ3v) is 6.35. The predicted molar refractivity (Wildman–Crippen MR) is 111 cm³/mol. The van der Waals surface area contributed by atoms with Crippen molar-refractivity contribution in [3.63, 3.8) is 0 Å². The Morgan fingerprint density at radius 1 is 1.19 bits per heavy atom. The number of rotatable bonds is 4. The van der Waals surface area contributed by atoms with Gasteiger partial charge in [0.2, 0.25) is 0 Å². The van der Waals surface area contributed by atoms with Gasteiger partial charge in [-0.1, -0.05) is 0 Å². The lowest BCUT2D eigenvalue weighted by Crippen LogP contribution is -2.44. The highest BCUT2D eigenvalue weighted by Gasteiger charge is 2.31. The van der Waals surface area contributed by atoms with Gasteiger partial charge in [0.15, 0.2) is 10.8 Å². The molecule has 4 heterocycles. The average molecular weight is 450 g/mol. The van der Waals surface area contributed by atoms with Crippen molar-refractivity contribution >= 4 is 23.1 Å². The molecular formula is C21H21F3N4O2S. The highest BCUT2D eigenvalue weighted by Crippen LogP contribution is 2.31. The van der Waals surface area contributed by atoms with Gasteiger partial charge in [-0.2, -0.15) is 13.2 Å². The molecule has 1 aliphatic heterocycles. The minimum atomic E-state index is -4.40. The minimum absolute atomic E-state index is 0.0194. The van der Waals surface area contributed by atoms with Crippen LogP contribution in [0.2, 0.25) is 0 Å². The maximum atomic E-state index is 12.8. The summed E-state index contributed by atoms with van der Waals surface area (Å²) in [5.74, 6) is 1.76. The van der Waals surface area contributed by atoms with E-state index in [4.69, 9.17) is 4.42 Å². The van der Waals surface area contributed by atoms with Crippen molar-refractivity contribution in [3.05, 3.63) is 52.4 Å². The first-order chi connectivity index (χ1) is 14.7. The van der Waals surface area contributed by atoms with Gasteiger partial charge in [-0.25, -0.2) is 9.97 Å². The highest BCUT2D eigenvalue weighted by atomic mass is 32.1. The second kappa shape index (κ2) is 8.33. The number of halogens is 3. The molecule has 1 fully saturated rings. The molecule has 0 bridgehead atoms. The lowest BCUT2D eigenvalue weighted by molar-refractivity contribution is -0.137. The van der Waals surface area contributed by atoms with E-state index in [-0.39, 0.29) is 11.9 Å². The smallest absolute Gasteiger partial charge is 0.417 e. The van der Waals surface area contributed by atoms with Gasteiger partial charge in [-0.3, -0.25) is 4.79 Å². The van der Waals surface area contributed by atoms with Crippen LogP contribution in [0.4, 0.5) is 19.0 Å². The first-order valence-corrected chi connectivity index (χ1v) is 10.7. The maximum absolute atomic E-state index is 12.8. The molecule has 6 nitrogen and oxygen atoms in total. The number of hydrogen-bond acceptors (Lipinski definition) is 6. The molecular weight excluding hydrogens is 429 g/mol. The minimum Gasteiger partial charge on any atom is -0.459 e. The lowest BCUT2D eigenvalue weighted by Gasteiger charge is -2.33. The molecule has 0 spiro atoms. The molecule has 164 valence electrons. The number of carbonyl (C=O) groups excluding carboxylic acids is 1. The number of carbonyl (C=O) groups is 1. The lowest BCUT2D eigenvalue weighted by atomic mass is 10.0. The van der Waals surface area contributed by atoms with E-state index in [9.17, 15) is 18.0 Å². The average Bonchev–Trinajstić information content (AvgIpc) is 3.33. The van der Waals surface area contributed by atoms with Gasteiger partial charge in [-0.15, -0.1) is 11.3 Å². The summed E-state index contributed by atoms with van der Waals surface area (Å²) in [5, 5.41) is 3.72. The summed E-state index contributed by atoms with van der Waals surface area (Å²) in [7, 11) is 0. The zero-order valence-corrected chi connectivity index (χ0v) is 17.8. The van der Waals surface area contributed by atoms with Crippen LogP contribution in [0.1, 0.15) is 39.5 Å². The number of amides is 1. The Labute approximate surface area is 181 Å². The summed E-state index contributed by atoms with van der Waals surface area (Å²) < 4.78 is 43.7. The van der Waals surface area contributed by atoms with Gasteiger partial charge in [-0.05, 0) is 51.0 Å². The van der Waals surface area contributed by atoms with Crippen molar-refractivity contribution in [2.24, 2.45) is 0 Å². The fourth-order valence-corrected chi connectivity index (χ4v) is 4.44. The molecule has 0 atom stereocenters. The summed E-state index contributed by atoms with van der Waals surface area (Å²) >= 11 is 1.29. The van der Waals surface area contributed by atoms with Gasteiger partial charge in [0.05, 0.1) is 11.3 Å². The number of aryl methyl sites for hydroxylation is 2. The van der Waals surface area contributed by atoms with Gasteiger partial charge in [0.1, 0.15) is 16.5 Å². The van der Waals surface area contributed by atoms with Crippen LogP contribution >= 0.6 is 11.3 Å². The molecule has 31 heavy (non-hydrogen) atoms. The molecule has 3 aromatic rings. The molecule has 0 aliphatic carbocycles. The number of nitrogens with one attached hydrogen (secondary N) is 1. The van der Waals surface area contributed by atoms with E-state index >= 15 is 0 Å². The quantitative estimate of drug-likeness (QED) is 0.616. The Hall–Kier alpha value is -2.88. The van der Waals surface area contributed by atoms with Crippen molar-refractivity contribution < 1.29 is 22.4 Å². The zero-order chi connectivity index (χ0) is 22.2. The molecule has 4 rings (SSSR count). The first kappa shape index (κ1) is 21.4. The summed E-state index contributed by atoms with van der Waals surface area (Å²) in [5.41, 5.74) is -0.111. The molecule has 1 amide bonds. The largest absolute Gasteiger partial charge is 0.459 e. The fraction of sp³-hybridized carbons (Fsp3) is 0.381. The summed E-state index contributed by atoms with van der Waals surface area (Å²) in [6.45, 7) is 4.84. The Balaban J connectivity index is 1.35. The monoisotopic (exact) mass is 450 g/mol. The van der Waals surface area contributed by atoms with Crippen molar-refractivity contribution in [2.45, 2.75) is 38.9 Å². The van der Waals surface area contributed by atoms with Gasteiger partial charge in [0, 0.05) is 25.3 Å². The van der Waals surface area contributed by atoms with Crippen LogP contribution in [0, 0.1) is 13.8 Å². The number of nitrogens with zero attached hydrogens (tertiary/aromatic N) is 3. The SMILES string of the molecule is Cc1ccc(-c2nc(C)c(C(=O)NC3CCN(c4ccc(C(F)(F)F)cn4)CC3)s2)o1. The van der Waals surface area contributed by atoms with E-state index in [0.717, 1.165) is 18.0 Å². The first-order valence-electron chi connectivity index (χ1n) is 9.84. The Morgan fingerprint density at radius 2 is 1.94 bits per heavy atom. The Kier molecular flexibility index (Phi) is 5.74. The van der Waals surface area contributed by atoms with Gasteiger partial charge >= 0.3 is 6.18 Å². The number of thiazole rings is 1. The van der Waals surface area contributed by atoms with E-state index in [1.54, 1.807) is 6.92 Å². The van der Waals surface area contributed by atoms with Crippen LogP contribution in [0.25, 0.3) is 10.8 Å². The number of furan rings is 1. The van der Waals surface area contributed by atoms with Gasteiger partial charge < -0.3 is 14.6 Å². The normalized spacial score (nSPS) is 15.3. The standard InChI is InChI=1S/C21H21F3N4O2S/c1-12-3-5-16(30-12)20-26-13(2)18(31-20)19(29)27-15-7-9-28(10-8-15)17-6-4-14(11-25-17)21(22,23)24/h3-6,11,15H,7-10H2,1-2H3,(H,27,29). The molecule has 0 unspecified atom stereocenters. The van der Waals surface area contributed by atoms with Crippen molar-refractivity contribution in [2.75, 3.05) is 18.0 Å². The topological polar surface area (TPSA) is 71.3 Å². The van der Waals surface area contributed by atoms with Crippen LogP contribution in [0.15, 0.2) is 34.9 Å². The second-order valence-electron chi connectivity index (χ2n) is 7.48. The summed E-state index contributed by atoms with van der Waals surface area (Å²) in [6, 6.07) is 6.10. The number of aromatic nitrogens is 2. The second-order valence-corrected chi connectivity index (χ2v) is 8.48. The third kappa shape index (κ3) is 4.73. The molecule has 1 saturated heterocycles. The number of piperidine rings is 1. The van der Waals surface area contributed by atoms with Gasteiger partial charge in [0.25, 0.3) is 5.91 Å². The van der Waals surface area contributed by atoms with Crippen LogP contribution in [-0.4, -0.2) is 35.0 Å². The number of anilines is 1. The molecule has 3 aromatic heterocycles. The third-order valence-electron chi connectivity index (χ3n) is 5.18. The maximum Gasteiger partial charge on any atom is 0.417 e. The van der Waals surface area contributed by atoms with Crippen molar-refractivity contribution in [1.82, 2.24) is 15.3 Å². The van der Waals surface area contributed by atoms with E-state index in [2.05, 4.69) is 15.3 Å². The van der Waals surface area contributed by atoms with Crippen LogP contribution < -0.4 is 10.2 Å². The molecule has 0 saturated carbocycles. The van der Waals surface area contributed by atoms with Crippen molar-refractivity contribution in [1.29, 1.82) is 0 Å². The van der Waals surface area contributed by atoms with Crippen molar-refractivity contribution in [3.8, 4) is 10.8 Å². The fourth-order valence-electron chi connectivity index (χ4n) is 3.51. The van der Waals surface area contributed by atoms with Crippen LogP contribution in [0.5, 0.6) is 0 Å². The van der Waals surface area contributed by atoms with E-state index in [0.29, 0.717) is 53.1 Å². The Bertz CT molecular complexity index is 1070. The molecule has 10 heteroatoms. The number of hydrogen-bond donors (Lipinski definition) is 1. The van der Waals surface area contributed by atoms with E-state index < -0.39 is 11.7 Å². The molecule has 1 aliphatic rings. The summed E-state index contributed by atoms with van der Waals surface area (Å²) in [4.78, 5) is 23.6. The number of pyridine rings is 1. The number of alkyl halides is 3. The molecule has 1 N–H and O–H groups in total. The molecule has 0 aromatic carbocycles. The van der Waals surface area contributed by atoms with E-state index in [1.165, 1.54) is 17.4 Å². The zero-order valence-electron chi connectivity index (χ0n) is 17.0. The Morgan fingerprint density at radius 3 is 2.52 bits per heavy atom. The van der Waals surface area contributed by atoms with E-state index in [1.807, 2.05) is 24.0 Å². The molecule has 0 radical (unpaired) electrons. The van der Waals surface area contributed by atoms with Crippen LogP contribution in [-0.2, 0) is 6.18 Å². The predicted octanol–water partition coefficient (Wildman–Crippen LogP) is 4.83. The highest BCUT2D eigenvalue weighted by molar-refractivity contribution is 7.17. The van der Waals surface area contributed by atoms with Crippen LogP contribution in [0.3, 0.4) is 0 Å². The summed E-state index contributed by atoms with van der Waals surface area (Å²) in [6.07, 6.45) is -2.19.